The summed E-state index contributed by atoms with van der Waals surface area (Å²) in [6, 6.07) is 0. The molecule has 0 amide bonds. The second kappa shape index (κ2) is 7.76. The van der Waals surface area contributed by atoms with Crippen LogP contribution in [0.2, 0.25) is 0 Å². The molecular formula is C12H16F2N6O5S2. The summed E-state index contributed by atoms with van der Waals surface area (Å²) in [7, 11) is -4.44. The molecule has 0 radical (unpaired) electrons. The lowest BCUT2D eigenvalue weighted by molar-refractivity contribution is -0.0190. The standard InChI is InChI=1S/C12H16F2N6O5S2/c13-7(14)3-26-12-9-10(15)16-4-17-11(9)20(19-12)8-1-5(21)6(25-8)2-18-27(22,23)24/h4-8,18,21H,1-3H2,(H2,15,16,17)(H,22,23,24)/t5-,6-,8+/m0/s1. The van der Waals surface area contributed by atoms with Crippen molar-refractivity contribution in [1.29, 1.82) is 0 Å². The van der Waals surface area contributed by atoms with Crippen LogP contribution in [0.3, 0.4) is 0 Å². The molecule has 0 bridgehead atoms. The number of rotatable bonds is 7. The molecular weight excluding hydrogens is 410 g/mol. The maximum atomic E-state index is 12.6. The number of halogens is 2. The maximum Gasteiger partial charge on any atom is 0.333 e. The van der Waals surface area contributed by atoms with Crippen molar-refractivity contribution in [2.24, 2.45) is 0 Å². The van der Waals surface area contributed by atoms with Gasteiger partial charge in [0.05, 0.1) is 23.3 Å². The summed E-state index contributed by atoms with van der Waals surface area (Å²) >= 11 is 0.782. The highest BCUT2D eigenvalue weighted by Crippen LogP contribution is 2.35. The SMILES string of the molecule is Nc1ncnc2c1c(SCC(F)F)nn2[C@H]1C[C@H](O)[C@H](CNS(=O)(=O)O)O1. The van der Waals surface area contributed by atoms with Crippen LogP contribution in [0.25, 0.3) is 11.0 Å². The van der Waals surface area contributed by atoms with E-state index >= 15 is 0 Å². The van der Waals surface area contributed by atoms with Gasteiger partial charge in [0.15, 0.2) is 11.9 Å². The van der Waals surface area contributed by atoms with E-state index in [2.05, 4.69) is 15.1 Å². The van der Waals surface area contributed by atoms with Crippen molar-refractivity contribution in [3.63, 3.8) is 0 Å². The lowest BCUT2D eigenvalue weighted by atomic mass is 10.2. The lowest BCUT2D eigenvalue weighted by Crippen LogP contribution is -2.36. The highest BCUT2D eigenvalue weighted by atomic mass is 32.2. The van der Waals surface area contributed by atoms with Gasteiger partial charge in [-0.15, -0.1) is 0 Å². The number of nitrogens with two attached hydrogens (primary N) is 1. The molecule has 27 heavy (non-hydrogen) atoms. The lowest BCUT2D eigenvalue weighted by Gasteiger charge is -2.14. The van der Waals surface area contributed by atoms with Crippen molar-refractivity contribution in [2.45, 2.75) is 36.3 Å². The Morgan fingerprint density at radius 3 is 2.89 bits per heavy atom. The molecule has 0 saturated carbocycles. The van der Waals surface area contributed by atoms with Crippen molar-refractivity contribution in [1.82, 2.24) is 24.5 Å². The van der Waals surface area contributed by atoms with E-state index < -0.39 is 40.9 Å². The number of hydrogen-bond donors (Lipinski definition) is 4. The Kier molecular flexibility index (Phi) is 5.78. The van der Waals surface area contributed by atoms with Gasteiger partial charge in [-0.25, -0.2) is 23.4 Å². The number of nitrogens with zero attached hydrogens (tertiary/aromatic N) is 4. The second-order valence-corrected chi connectivity index (χ2v) is 7.91. The molecule has 1 aliphatic heterocycles. The molecule has 0 aliphatic carbocycles. The first-order valence-corrected chi connectivity index (χ1v) is 10.0. The number of thioether (sulfide) groups is 1. The summed E-state index contributed by atoms with van der Waals surface area (Å²) in [5.41, 5.74) is 6.06. The van der Waals surface area contributed by atoms with E-state index in [1.165, 1.54) is 11.0 Å². The molecule has 1 saturated heterocycles. The minimum Gasteiger partial charge on any atom is -0.390 e. The number of nitrogen functional groups attached to an aromatic ring is 1. The molecule has 5 N–H and O–H groups in total. The number of fused-ring (bicyclic) bond motifs is 1. The second-order valence-electron chi connectivity index (χ2n) is 5.67. The average Bonchev–Trinajstić information content (AvgIpc) is 3.12. The molecule has 150 valence electrons. The van der Waals surface area contributed by atoms with Crippen LogP contribution >= 0.6 is 11.8 Å². The molecule has 15 heteroatoms. The first kappa shape index (κ1) is 20.1. The zero-order valence-corrected chi connectivity index (χ0v) is 15.2. The molecule has 2 aromatic heterocycles. The molecule has 0 unspecified atom stereocenters. The Morgan fingerprint density at radius 1 is 1.48 bits per heavy atom. The van der Waals surface area contributed by atoms with E-state index in [0.29, 0.717) is 5.39 Å². The largest absolute Gasteiger partial charge is 0.390 e. The molecule has 0 aromatic carbocycles. The minimum absolute atomic E-state index is 0.0392. The van der Waals surface area contributed by atoms with Crippen molar-refractivity contribution in [3.05, 3.63) is 6.33 Å². The van der Waals surface area contributed by atoms with Gasteiger partial charge in [0, 0.05) is 13.0 Å². The van der Waals surface area contributed by atoms with Gasteiger partial charge in [0.2, 0.25) is 6.43 Å². The molecule has 3 rings (SSSR count). The Morgan fingerprint density at radius 2 is 2.22 bits per heavy atom. The van der Waals surface area contributed by atoms with Crippen LogP contribution in [0, 0.1) is 0 Å². The Hall–Kier alpha value is -1.65. The summed E-state index contributed by atoms with van der Waals surface area (Å²) in [5.74, 6) is -0.443. The predicted molar refractivity (Wildman–Crippen MR) is 90.5 cm³/mol. The number of aromatic nitrogens is 4. The molecule has 0 spiro atoms. The Balaban J connectivity index is 1.87. The summed E-state index contributed by atoms with van der Waals surface area (Å²) in [6.07, 6.45) is -4.18. The highest BCUT2D eigenvalue weighted by Gasteiger charge is 2.37. The average molecular weight is 426 g/mol. The normalized spacial score (nSPS) is 23.5. The van der Waals surface area contributed by atoms with Gasteiger partial charge in [-0.1, -0.05) is 11.8 Å². The van der Waals surface area contributed by atoms with Crippen LogP contribution in [0.15, 0.2) is 11.4 Å². The van der Waals surface area contributed by atoms with Gasteiger partial charge in [-0.3, -0.25) is 4.55 Å². The van der Waals surface area contributed by atoms with Crippen LogP contribution in [-0.2, 0) is 15.0 Å². The highest BCUT2D eigenvalue weighted by molar-refractivity contribution is 7.99. The zero-order valence-electron chi connectivity index (χ0n) is 13.6. The first-order chi connectivity index (χ1) is 12.7. The number of nitrogens with one attached hydrogen (secondary N) is 1. The Labute approximate surface area is 156 Å². The van der Waals surface area contributed by atoms with E-state index in [0.717, 1.165) is 11.8 Å². The van der Waals surface area contributed by atoms with Crippen LogP contribution in [0.4, 0.5) is 14.6 Å². The number of ether oxygens (including phenoxy) is 1. The quantitative estimate of drug-likeness (QED) is 0.344. The monoisotopic (exact) mass is 426 g/mol. The molecule has 1 aliphatic rings. The van der Waals surface area contributed by atoms with E-state index in [1.807, 2.05) is 4.72 Å². The Bertz CT molecular complexity index is 926. The smallest absolute Gasteiger partial charge is 0.333 e. The third-order valence-corrected chi connectivity index (χ3v) is 5.29. The molecule has 2 aromatic rings. The van der Waals surface area contributed by atoms with Gasteiger partial charge < -0.3 is 15.6 Å². The zero-order chi connectivity index (χ0) is 19.8. The number of aliphatic hydroxyl groups excluding tert-OH is 1. The summed E-state index contributed by atoms with van der Waals surface area (Å²) in [4.78, 5) is 7.90. The maximum absolute atomic E-state index is 12.6. The van der Waals surface area contributed by atoms with Gasteiger partial charge >= 0.3 is 10.3 Å². The van der Waals surface area contributed by atoms with Crippen LogP contribution in [0.1, 0.15) is 12.6 Å². The number of hydrogen-bond acceptors (Lipinski definition) is 9. The van der Waals surface area contributed by atoms with Crippen molar-refractivity contribution in [2.75, 3.05) is 18.0 Å². The van der Waals surface area contributed by atoms with Crippen molar-refractivity contribution >= 4 is 38.9 Å². The fourth-order valence-electron chi connectivity index (χ4n) is 2.64. The number of anilines is 1. The predicted octanol–water partition coefficient (Wildman–Crippen LogP) is -0.194. The molecule has 3 atom stereocenters. The number of aliphatic hydroxyl groups is 1. The van der Waals surface area contributed by atoms with Crippen LogP contribution in [0.5, 0.6) is 0 Å². The van der Waals surface area contributed by atoms with E-state index in [4.69, 9.17) is 15.0 Å². The summed E-state index contributed by atoms with van der Waals surface area (Å²) in [5, 5.41) is 14.8. The van der Waals surface area contributed by atoms with Gasteiger partial charge in [-0.05, 0) is 0 Å². The third kappa shape index (κ3) is 4.61. The third-order valence-electron chi connectivity index (χ3n) is 3.78. The molecule has 1 fully saturated rings. The minimum atomic E-state index is -4.44. The topological polar surface area (TPSA) is 165 Å². The summed E-state index contributed by atoms with van der Waals surface area (Å²) < 4.78 is 64.1. The molecule has 11 nitrogen and oxygen atoms in total. The fraction of sp³-hybridized carbons (Fsp3) is 0.583. The van der Waals surface area contributed by atoms with Crippen LogP contribution < -0.4 is 10.5 Å². The molecule has 3 heterocycles. The van der Waals surface area contributed by atoms with E-state index in [1.54, 1.807) is 0 Å². The van der Waals surface area contributed by atoms with E-state index in [9.17, 15) is 22.3 Å². The van der Waals surface area contributed by atoms with Crippen LogP contribution in [-0.4, -0.2) is 68.8 Å². The van der Waals surface area contributed by atoms with Gasteiger partial charge in [0.25, 0.3) is 0 Å². The van der Waals surface area contributed by atoms with Gasteiger partial charge in [0.1, 0.15) is 17.2 Å². The van der Waals surface area contributed by atoms with Crippen molar-refractivity contribution < 1.29 is 31.6 Å². The first-order valence-electron chi connectivity index (χ1n) is 7.61. The summed E-state index contributed by atoms with van der Waals surface area (Å²) in [6.45, 7) is -0.361. The fourth-order valence-corrected chi connectivity index (χ4v) is 3.79. The van der Waals surface area contributed by atoms with Gasteiger partial charge in [-0.2, -0.15) is 18.2 Å². The van der Waals surface area contributed by atoms with Crippen molar-refractivity contribution in [3.8, 4) is 0 Å². The number of alkyl halides is 2. The van der Waals surface area contributed by atoms with E-state index in [-0.39, 0.29) is 29.5 Å².